The first-order valence-corrected chi connectivity index (χ1v) is 17.5. The molecule has 0 atom stereocenters. The van der Waals surface area contributed by atoms with Crippen LogP contribution in [0.2, 0.25) is 0 Å². The first kappa shape index (κ1) is 31.9. The van der Waals surface area contributed by atoms with Gasteiger partial charge >= 0.3 is 0 Å². The normalized spacial score (nSPS) is 15.9. The number of aryl methyl sites for hydroxylation is 1. The summed E-state index contributed by atoms with van der Waals surface area (Å²) in [5.41, 5.74) is 12.0. The summed E-state index contributed by atoms with van der Waals surface area (Å²) in [4.78, 5) is 14.1. The molecule has 2 saturated carbocycles. The number of allylic oxidation sites excluding steroid dienone is 1. The molecule has 0 N–H and O–H groups in total. The second-order valence-corrected chi connectivity index (χ2v) is 13.6. The van der Waals surface area contributed by atoms with Gasteiger partial charge in [-0.15, -0.1) is 54.1 Å². The molecule has 2 aliphatic carbocycles. The van der Waals surface area contributed by atoms with Crippen molar-refractivity contribution in [2.24, 2.45) is 0 Å². The van der Waals surface area contributed by atoms with Gasteiger partial charge < -0.3 is 14.0 Å². The topological polar surface area (TPSA) is 56.7 Å². The van der Waals surface area contributed by atoms with Gasteiger partial charge in [-0.1, -0.05) is 60.4 Å². The summed E-state index contributed by atoms with van der Waals surface area (Å²) in [6, 6.07) is 32.0. The minimum Gasteiger partial charge on any atom is -0.486 e. The summed E-state index contributed by atoms with van der Waals surface area (Å²) in [7, 11) is 0. The largest absolute Gasteiger partial charge is 0.486 e. The maximum absolute atomic E-state index is 6.10. The SMILES string of the molecule is Cc1ccc2c(n1)oc1c(-c3cc(C4CCCC4)ccn3)[c-]ccc12.[Ir].[c-]1ccccc1-c1nc2cc(C3CCCC3)cc3c2n1CC=C3. The van der Waals surface area contributed by atoms with Crippen LogP contribution in [0.4, 0.5) is 0 Å². The van der Waals surface area contributed by atoms with Gasteiger partial charge in [0.2, 0.25) is 5.71 Å². The minimum atomic E-state index is 0. The fourth-order valence-electron chi connectivity index (χ4n) is 8.15. The molecule has 5 heterocycles. The average Bonchev–Trinajstić information content (AvgIpc) is 3.96. The number of fused-ring (bicyclic) bond motifs is 3. The Morgan fingerprint density at radius 3 is 2.41 bits per heavy atom. The van der Waals surface area contributed by atoms with E-state index in [-0.39, 0.29) is 20.1 Å². The van der Waals surface area contributed by atoms with Gasteiger partial charge in [0.05, 0.1) is 22.4 Å². The average molecular weight is 819 g/mol. The summed E-state index contributed by atoms with van der Waals surface area (Å²) in [6.07, 6.45) is 17.0. The van der Waals surface area contributed by atoms with Crippen LogP contribution < -0.4 is 0 Å². The zero-order valence-corrected chi connectivity index (χ0v) is 30.1. The third-order valence-corrected chi connectivity index (χ3v) is 10.6. The molecule has 0 saturated heterocycles. The van der Waals surface area contributed by atoms with Crippen molar-refractivity contribution in [3.05, 3.63) is 120 Å². The third kappa shape index (κ3) is 5.96. The molecule has 5 nitrogen and oxygen atoms in total. The minimum absolute atomic E-state index is 0. The van der Waals surface area contributed by atoms with E-state index >= 15 is 0 Å². The molecule has 0 bridgehead atoms. The quantitative estimate of drug-likeness (QED) is 0.166. The van der Waals surface area contributed by atoms with E-state index in [9.17, 15) is 0 Å². The summed E-state index contributed by atoms with van der Waals surface area (Å²) in [6.45, 7) is 2.87. The Hall–Kier alpha value is -4.38. The predicted molar refractivity (Wildman–Crippen MR) is 194 cm³/mol. The van der Waals surface area contributed by atoms with Crippen molar-refractivity contribution in [1.29, 1.82) is 0 Å². The molecule has 2 fully saturated rings. The van der Waals surface area contributed by atoms with E-state index < -0.39 is 0 Å². The molecule has 10 rings (SSSR count). The van der Waals surface area contributed by atoms with Crippen LogP contribution in [-0.4, -0.2) is 19.5 Å². The molecule has 3 aromatic carbocycles. The van der Waals surface area contributed by atoms with Crippen molar-refractivity contribution in [3.63, 3.8) is 0 Å². The smallest absolute Gasteiger partial charge is 0.216 e. The van der Waals surface area contributed by atoms with Crippen LogP contribution in [-0.2, 0) is 26.7 Å². The van der Waals surface area contributed by atoms with Crippen molar-refractivity contribution < 1.29 is 24.5 Å². The number of benzene rings is 3. The van der Waals surface area contributed by atoms with Crippen molar-refractivity contribution in [3.8, 4) is 22.6 Å². The van der Waals surface area contributed by atoms with E-state index in [4.69, 9.17) is 9.40 Å². The zero-order valence-electron chi connectivity index (χ0n) is 27.7. The number of furan rings is 1. The van der Waals surface area contributed by atoms with Crippen molar-refractivity contribution in [2.45, 2.75) is 76.7 Å². The fraction of sp³-hybridized carbons (Fsp3) is 0.279. The van der Waals surface area contributed by atoms with Crippen LogP contribution in [0.5, 0.6) is 0 Å². The van der Waals surface area contributed by atoms with E-state index in [1.165, 1.54) is 73.6 Å². The van der Waals surface area contributed by atoms with Gasteiger partial charge in [-0.2, -0.15) is 0 Å². The van der Waals surface area contributed by atoms with Gasteiger partial charge in [0.15, 0.2) is 0 Å². The predicted octanol–water partition coefficient (Wildman–Crippen LogP) is 11.0. The molecule has 6 heteroatoms. The summed E-state index contributed by atoms with van der Waals surface area (Å²) < 4.78 is 8.43. The van der Waals surface area contributed by atoms with Crippen LogP contribution in [0.25, 0.3) is 61.8 Å². The molecule has 49 heavy (non-hydrogen) atoms. The van der Waals surface area contributed by atoms with Gasteiger partial charge in [-0.3, -0.25) is 4.98 Å². The number of hydrogen-bond acceptors (Lipinski definition) is 4. The number of aromatic nitrogens is 4. The Morgan fingerprint density at radius 1 is 0.796 bits per heavy atom. The Labute approximate surface area is 300 Å². The van der Waals surface area contributed by atoms with E-state index in [0.29, 0.717) is 11.6 Å². The summed E-state index contributed by atoms with van der Waals surface area (Å²) in [5, 5.41) is 2.12. The van der Waals surface area contributed by atoms with Gasteiger partial charge in [0.25, 0.3) is 0 Å². The number of imidazole rings is 1. The second-order valence-electron chi connectivity index (χ2n) is 13.6. The van der Waals surface area contributed by atoms with Gasteiger partial charge in [-0.25, -0.2) is 4.98 Å². The van der Waals surface area contributed by atoms with E-state index in [1.807, 2.05) is 43.5 Å². The molecule has 247 valence electrons. The molecule has 0 unspecified atom stereocenters. The molecule has 0 spiro atoms. The molecule has 4 aromatic heterocycles. The van der Waals surface area contributed by atoms with Crippen LogP contribution in [0, 0.1) is 19.1 Å². The van der Waals surface area contributed by atoms with Crippen LogP contribution >= 0.6 is 0 Å². The molecular weight excluding hydrogens is 781 g/mol. The van der Waals surface area contributed by atoms with Crippen molar-refractivity contribution in [2.75, 3.05) is 0 Å². The third-order valence-electron chi connectivity index (χ3n) is 10.6. The van der Waals surface area contributed by atoms with E-state index in [0.717, 1.165) is 62.7 Å². The van der Waals surface area contributed by atoms with Crippen LogP contribution in [0.15, 0.2) is 89.5 Å². The monoisotopic (exact) mass is 819 g/mol. The maximum atomic E-state index is 6.10. The van der Waals surface area contributed by atoms with Gasteiger partial charge in [0.1, 0.15) is 0 Å². The standard InChI is InChI=1S/C22H19N2O.C21H19N2.Ir/c1-14-9-10-18-17-7-4-8-19(21(17)25-22(18)24-14)20-13-16(11-12-23-20)15-5-2-3-6-15;1-2-9-16(10-3-1)21-22-19-14-18(15-7-4-5-8-15)13-17-11-6-12-23(21)20(17)19;/h4,7,9-13,15H,2-3,5-6H2,1H3;1-3,6,9,11,13-15H,4-5,7-8,12H2;/q2*-1;. The fourth-order valence-corrected chi connectivity index (χ4v) is 8.15. The van der Waals surface area contributed by atoms with Crippen LogP contribution in [0.1, 0.15) is 85.6 Å². The van der Waals surface area contributed by atoms with Gasteiger partial charge in [-0.05, 0) is 91.6 Å². The molecule has 1 radical (unpaired) electrons. The summed E-state index contributed by atoms with van der Waals surface area (Å²) >= 11 is 0. The Kier molecular flexibility index (Phi) is 8.78. The maximum Gasteiger partial charge on any atom is 0.216 e. The molecule has 1 aliphatic heterocycles. The zero-order chi connectivity index (χ0) is 32.0. The molecule has 0 amide bonds. The number of rotatable bonds is 4. The number of nitrogens with zero attached hydrogens (tertiary/aromatic N) is 4. The summed E-state index contributed by atoms with van der Waals surface area (Å²) in [5.74, 6) is 2.43. The van der Waals surface area contributed by atoms with Crippen molar-refractivity contribution in [1.82, 2.24) is 19.5 Å². The van der Waals surface area contributed by atoms with Gasteiger partial charge in [0, 0.05) is 43.9 Å². The first-order chi connectivity index (χ1) is 23.7. The molecular formula is C43H38IrN4O-2. The molecule has 3 aliphatic rings. The molecule has 7 aromatic rings. The van der Waals surface area contributed by atoms with E-state index in [1.54, 1.807) is 0 Å². The Morgan fingerprint density at radius 2 is 1.61 bits per heavy atom. The van der Waals surface area contributed by atoms with E-state index in [2.05, 4.69) is 81.3 Å². The second kappa shape index (κ2) is 13.5. The Bertz CT molecular complexity index is 2310. The van der Waals surface area contributed by atoms with Crippen LogP contribution in [0.3, 0.4) is 0 Å². The van der Waals surface area contributed by atoms with Crippen molar-refractivity contribution >= 4 is 39.2 Å². The Balaban J connectivity index is 0.000000140. The number of pyridine rings is 2. The number of hydrogen-bond donors (Lipinski definition) is 0. The first-order valence-electron chi connectivity index (χ1n) is 17.5.